The molecule has 0 atom stereocenters. The highest BCUT2D eigenvalue weighted by Crippen LogP contribution is 2.26. The summed E-state index contributed by atoms with van der Waals surface area (Å²) >= 11 is 6.32. The fourth-order valence-corrected chi connectivity index (χ4v) is 4.66. The minimum Gasteiger partial charge on any atom is -0.495 e. The Morgan fingerprint density at radius 3 is 2.64 bits per heavy atom. The summed E-state index contributed by atoms with van der Waals surface area (Å²) in [6.45, 7) is 3.71. The molecular weight excluding hydrogens is 420 g/mol. The van der Waals surface area contributed by atoms with E-state index >= 15 is 0 Å². The summed E-state index contributed by atoms with van der Waals surface area (Å²) < 4.78 is 32.5. The van der Waals surface area contributed by atoms with Crippen LogP contribution >= 0.6 is 23.6 Å². The lowest BCUT2D eigenvalue weighted by molar-refractivity contribution is -0.122. The van der Waals surface area contributed by atoms with Gasteiger partial charge in [-0.2, -0.15) is 0 Å². The van der Waals surface area contributed by atoms with Crippen molar-refractivity contribution < 1.29 is 17.9 Å². The SMILES string of the molecule is CNC(=S)NS(=O)(=O)c1cc(CC(=O)NC(C)(C)c2nccs2)ccc1OC. The molecule has 1 amide bonds. The minimum absolute atomic E-state index is 0.00219. The fourth-order valence-electron chi connectivity index (χ4n) is 2.43. The summed E-state index contributed by atoms with van der Waals surface area (Å²) in [5, 5.41) is 8.04. The summed E-state index contributed by atoms with van der Waals surface area (Å²) in [4.78, 5) is 16.6. The van der Waals surface area contributed by atoms with Crippen LogP contribution in [-0.4, -0.2) is 38.6 Å². The van der Waals surface area contributed by atoms with Crippen molar-refractivity contribution in [2.75, 3.05) is 14.2 Å². The van der Waals surface area contributed by atoms with Crippen molar-refractivity contribution in [3.63, 3.8) is 0 Å². The molecule has 28 heavy (non-hydrogen) atoms. The van der Waals surface area contributed by atoms with Gasteiger partial charge in [0.1, 0.15) is 15.7 Å². The van der Waals surface area contributed by atoms with Crippen LogP contribution in [0.2, 0.25) is 0 Å². The van der Waals surface area contributed by atoms with Crippen molar-refractivity contribution >= 4 is 44.6 Å². The van der Waals surface area contributed by atoms with Gasteiger partial charge in [0, 0.05) is 18.6 Å². The van der Waals surface area contributed by atoms with Crippen molar-refractivity contribution in [2.45, 2.75) is 30.7 Å². The Bertz CT molecular complexity index is 957. The monoisotopic (exact) mass is 442 g/mol. The van der Waals surface area contributed by atoms with Crippen LogP contribution in [0.3, 0.4) is 0 Å². The zero-order valence-corrected chi connectivity index (χ0v) is 18.3. The fraction of sp³-hybridized carbons (Fsp3) is 0.353. The normalized spacial score (nSPS) is 11.6. The number of rotatable bonds is 7. The highest BCUT2D eigenvalue weighted by molar-refractivity contribution is 7.92. The van der Waals surface area contributed by atoms with Gasteiger partial charge < -0.3 is 15.4 Å². The maximum Gasteiger partial charge on any atom is 0.267 e. The molecule has 3 N–H and O–H groups in total. The van der Waals surface area contributed by atoms with Gasteiger partial charge in [0.2, 0.25) is 5.91 Å². The lowest BCUT2D eigenvalue weighted by Gasteiger charge is -2.24. The lowest BCUT2D eigenvalue weighted by Crippen LogP contribution is -2.41. The maximum absolute atomic E-state index is 12.6. The van der Waals surface area contributed by atoms with Crippen LogP contribution in [0.4, 0.5) is 0 Å². The molecule has 2 rings (SSSR count). The van der Waals surface area contributed by atoms with E-state index in [0.29, 0.717) is 5.56 Å². The molecule has 0 spiro atoms. The van der Waals surface area contributed by atoms with Gasteiger partial charge in [-0.3, -0.25) is 9.52 Å². The summed E-state index contributed by atoms with van der Waals surface area (Å²) in [6, 6.07) is 4.55. The first-order valence-electron chi connectivity index (χ1n) is 8.21. The summed E-state index contributed by atoms with van der Waals surface area (Å²) in [5.74, 6) is -0.105. The third-order valence-electron chi connectivity index (χ3n) is 3.76. The molecule has 0 radical (unpaired) electrons. The number of benzene rings is 1. The van der Waals surface area contributed by atoms with E-state index in [4.69, 9.17) is 17.0 Å². The maximum atomic E-state index is 12.6. The molecule has 0 aliphatic rings. The third kappa shape index (κ3) is 5.40. The molecule has 0 bridgehead atoms. The summed E-state index contributed by atoms with van der Waals surface area (Å²) in [5.41, 5.74) is -0.114. The van der Waals surface area contributed by atoms with Gasteiger partial charge in [0.25, 0.3) is 10.0 Å². The first-order chi connectivity index (χ1) is 13.1. The largest absolute Gasteiger partial charge is 0.495 e. The van der Waals surface area contributed by atoms with E-state index in [1.54, 1.807) is 12.3 Å². The second-order valence-electron chi connectivity index (χ2n) is 6.36. The van der Waals surface area contributed by atoms with Crippen LogP contribution in [-0.2, 0) is 26.8 Å². The van der Waals surface area contributed by atoms with Crippen molar-refractivity contribution in [2.24, 2.45) is 0 Å². The van der Waals surface area contributed by atoms with E-state index in [2.05, 4.69) is 20.3 Å². The predicted octanol–water partition coefficient (Wildman–Crippen LogP) is 1.53. The summed E-state index contributed by atoms with van der Waals surface area (Å²) in [7, 11) is -1.09. The van der Waals surface area contributed by atoms with Gasteiger partial charge in [-0.15, -0.1) is 11.3 Å². The number of hydrogen-bond acceptors (Lipinski definition) is 7. The van der Waals surface area contributed by atoms with E-state index in [0.717, 1.165) is 5.01 Å². The van der Waals surface area contributed by atoms with Crippen molar-refractivity contribution in [1.82, 2.24) is 20.3 Å². The molecule has 0 saturated heterocycles. The highest BCUT2D eigenvalue weighted by Gasteiger charge is 2.26. The zero-order valence-electron chi connectivity index (χ0n) is 15.9. The van der Waals surface area contributed by atoms with Crippen molar-refractivity contribution in [3.8, 4) is 5.75 Å². The molecule has 0 aliphatic carbocycles. The second-order valence-corrected chi connectivity index (χ2v) is 9.31. The molecular formula is C17H22N4O4S3. The molecule has 0 unspecified atom stereocenters. The van der Waals surface area contributed by atoms with E-state index < -0.39 is 15.6 Å². The average molecular weight is 443 g/mol. The number of carbonyl (C=O) groups excluding carboxylic acids is 1. The molecule has 11 heteroatoms. The first kappa shape index (κ1) is 22.1. The number of amides is 1. The van der Waals surface area contributed by atoms with E-state index in [1.165, 1.54) is 37.6 Å². The Hall–Kier alpha value is -2.24. The van der Waals surface area contributed by atoms with E-state index in [9.17, 15) is 13.2 Å². The smallest absolute Gasteiger partial charge is 0.267 e. The number of hydrogen-bond donors (Lipinski definition) is 3. The van der Waals surface area contributed by atoms with Crippen LogP contribution in [0, 0.1) is 0 Å². The molecule has 8 nitrogen and oxygen atoms in total. The number of nitrogens with one attached hydrogen (secondary N) is 3. The van der Waals surface area contributed by atoms with Crippen molar-refractivity contribution in [1.29, 1.82) is 0 Å². The number of thiazole rings is 1. The number of nitrogens with zero attached hydrogens (tertiary/aromatic N) is 1. The molecule has 2 aromatic rings. The quantitative estimate of drug-likeness (QED) is 0.558. The summed E-state index contributed by atoms with van der Waals surface area (Å²) in [6.07, 6.45) is 1.68. The molecule has 0 aliphatic heterocycles. The number of methoxy groups -OCH3 is 1. The van der Waals surface area contributed by atoms with Crippen molar-refractivity contribution in [3.05, 3.63) is 40.3 Å². The van der Waals surface area contributed by atoms with Gasteiger partial charge in [-0.05, 0) is 43.8 Å². The van der Waals surface area contributed by atoms with Crippen LogP contribution in [0.1, 0.15) is 24.4 Å². The Morgan fingerprint density at radius 2 is 2.07 bits per heavy atom. The van der Waals surface area contributed by atoms with Gasteiger partial charge in [0.05, 0.1) is 19.1 Å². The standard InChI is InChI=1S/C17H22N4O4S3/c1-17(2,15-19-7-8-27-15)20-14(22)10-11-5-6-12(25-4)13(9-11)28(23,24)21-16(26)18-3/h5-9H,10H2,1-4H3,(H,20,22)(H2,18,21,26). The minimum atomic E-state index is -3.96. The van der Waals surface area contributed by atoms with E-state index in [-0.39, 0.29) is 28.1 Å². The average Bonchev–Trinajstić information content (AvgIpc) is 3.16. The van der Waals surface area contributed by atoms with Crippen LogP contribution in [0.15, 0.2) is 34.7 Å². The van der Waals surface area contributed by atoms with Gasteiger partial charge in [-0.25, -0.2) is 13.4 Å². The predicted molar refractivity (Wildman–Crippen MR) is 112 cm³/mol. The first-order valence-corrected chi connectivity index (χ1v) is 11.0. The van der Waals surface area contributed by atoms with Crippen LogP contribution in [0.25, 0.3) is 0 Å². The molecule has 1 aromatic heterocycles. The van der Waals surface area contributed by atoms with Gasteiger partial charge >= 0.3 is 0 Å². The number of sulfonamides is 1. The lowest BCUT2D eigenvalue weighted by atomic mass is 10.1. The third-order valence-corrected chi connectivity index (χ3v) is 6.66. The zero-order chi connectivity index (χ0) is 20.9. The Labute approximate surface area is 173 Å². The molecule has 1 aromatic carbocycles. The van der Waals surface area contributed by atoms with E-state index in [1.807, 2.05) is 19.2 Å². The second kappa shape index (κ2) is 8.84. The Morgan fingerprint density at radius 1 is 1.36 bits per heavy atom. The Balaban J connectivity index is 2.23. The van der Waals surface area contributed by atoms with Crippen LogP contribution in [0.5, 0.6) is 5.75 Å². The molecule has 152 valence electrons. The van der Waals surface area contributed by atoms with Gasteiger partial charge in [-0.1, -0.05) is 6.07 Å². The molecule has 0 fully saturated rings. The topological polar surface area (TPSA) is 109 Å². The number of aromatic nitrogens is 1. The molecule has 1 heterocycles. The number of ether oxygens (including phenoxy) is 1. The van der Waals surface area contributed by atoms with Crippen LogP contribution < -0.4 is 20.1 Å². The Kier molecular flexibility index (Phi) is 6.96. The number of thiocarbonyl (C=S) groups is 1. The number of carbonyl (C=O) groups is 1. The molecule has 0 saturated carbocycles. The highest BCUT2D eigenvalue weighted by atomic mass is 32.2. The van der Waals surface area contributed by atoms with Gasteiger partial charge in [0.15, 0.2) is 5.11 Å².